The maximum Gasteiger partial charge on any atom is 0.321 e. The largest absolute Gasteiger partial charge is 0.497 e. The van der Waals surface area contributed by atoms with Gasteiger partial charge in [-0.15, -0.1) is 0 Å². The Balaban J connectivity index is 1.67. The summed E-state index contributed by atoms with van der Waals surface area (Å²) in [6.45, 7) is 1.25. The topological polar surface area (TPSA) is 106 Å². The van der Waals surface area contributed by atoms with Crippen LogP contribution in [0.1, 0.15) is 6.42 Å². The molecule has 0 bridgehead atoms. The normalized spacial score (nSPS) is 15.6. The van der Waals surface area contributed by atoms with Crippen molar-refractivity contribution < 1.29 is 22.7 Å². The molecule has 0 saturated carbocycles. The molecule has 10 nitrogen and oxygen atoms in total. The molecule has 1 saturated heterocycles. The summed E-state index contributed by atoms with van der Waals surface area (Å²) in [5.41, 5.74) is 0.514. The molecule has 29 heavy (non-hydrogen) atoms. The standard InChI is InChI=1S/C18H25N5O5S/c1-21-12-17(19-13-21)29(25,26)23-8-4-7-22(9-10-23)18(24)20-15-6-5-14(27-2)11-16(15)28-3/h5-6,11-13H,4,7-10H2,1-3H3,(H,20,24). The number of rotatable bonds is 5. The lowest BCUT2D eigenvalue weighted by Gasteiger charge is -2.22. The number of hydrogen-bond donors (Lipinski definition) is 1. The predicted molar refractivity (Wildman–Crippen MR) is 107 cm³/mol. The molecule has 158 valence electrons. The van der Waals surface area contributed by atoms with Crippen molar-refractivity contribution in [2.45, 2.75) is 11.4 Å². The third-order valence-corrected chi connectivity index (χ3v) is 6.46. The summed E-state index contributed by atoms with van der Waals surface area (Å²) in [6.07, 6.45) is 3.45. The molecular weight excluding hydrogens is 398 g/mol. The zero-order chi connectivity index (χ0) is 21.0. The Kier molecular flexibility index (Phi) is 6.28. The van der Waals surface area contributed by atoms with E-state index in [1.165, 1.54) is 23.9 Å². The second-order valence-electron chi connectivity index (χ2n) is 6.62. The molecule has 2 heterocycles. The zero-order valence-electron chi connectivity index (χ0n) is 16.7. The van der Waals surface area contributed by atoms with Gasteiger partial charge in [-0.25, -0.2) is 18.2 Å². The minimum absolute atomic E-state index is 0.0147. The first kappa shape index (κ1) is 20.9. The molecular formula is C18H25N5O5S. The van der Waals surface area contributed by atoms with Crippen molar-refractivity contribution in [1.29, 1.82) is 0 Å². The Morgan fingerprint density at radius 2 is 1.93 bits per heavy atom. The molecule has 2 amide bonds. The van der Waals surface area contributed by atoms with Gasteiger partial charge in [0.05, 0.1) is 26.2 Å². The number of anilines is 1. The lowest BCUT2D eigenvalue weighted by molar-refractivity contribution is 0.214. The molecule has 1 aromatic carbocycles. The number of nitrogens with zero attached hydrogens (tertiary/aromatic N) is 4. The number of sulfonamides is 1. The van der Waals surface area contributed by atoms with Gasteiger partial charge in [0.25, 0.3) is 10.0 Å². The van der Waals surface area contributed by atoms with Crippen molar-refractivity contribution in [2.24, 2.45) is 7.05 Å². The van der Waals surface area contributed by atoms with Crippen molar-refractivity contribution in [2.75, 3.05) is 45.7 Å². The monoisotopic (exact) mass is 423 g/mol. The minimum Gasteiger partial charge on any atom is -0.497 e. The summed E-state index contributed by atoms with van der Waals surface area (Å²) >= 11 is 0. The summed E-state index contributed by atoms with van der Waals surface area (Å²) in [7, 11) is 1.10. The molecule has 0 aliphatic carbocycles. The average Bonchev–Trinajstić information content (AvgIpc) is 3.00. The molecule has 0 atom stereocenters. The molecule has 0 unspecified atom stereocenters. The third-order valence-electron chi connectivity index (χ3n) is 4.68. The number of aryl methyl sites for hydroxylation is 1. The van der Waals surface area contributed by atoms with E-state index >= 15 is 0 Å². The number of methoxy groups -OCH3 is 2. The van der Waals surface area contributed by atoms with Crippen LogP contribution in [0.15, 0.2) is 35.7 Å². The minimum atomic E-state index is -3.68. The van der Waals surface area contributed by atoms with E-state index in [-0.39, 0.29) is 24.1 Å². The first-order chi connectivity index (χ1) is 13.8. The molecule has 1 aliphatic heterocycles. The summed E-state index contributed by atoms with van der Waals surface area (Å²) < 4.78 is 39.0. The number of aromatic nitrogens is 2. The molecule has 0 spiro atoms. The van der Waals surface area contributed by atoms with E-state index in [0.717, 1.165) is 0 Å². The van der Waals surface area contributed by atoms with Crippen LogP contribution in [0.5, 0.6) is 11.5 Å². The first-order valence-corrected chi connectivity index (χ1v) is 10.5. The Hall–Kier alpha value is -2.79. The van der Waals surface area contributed by atoms with Gasteiger partial charge in [-0.2, -0.15) is 4.31 Å². The maximum atomic E-state index is 12.8. The molecule has 1 aromatic heterocycles. The summed E-state index contributed by atoms with van der Waals surface area (Å²) in [4.78, 5) is 18.3. The van der Waals surface area contributed by atoms with Crippen LogP contribution in [0.3, 0.4) is 0 Å². The van der Waals surface area contributed by atoms with Gasteiger partial charge in [-0.1, -0.05) is 0 Å². The second-order valence-corrected chi connectivity index (χ2v) is 8.50. The van der Waals surface area contributed by atoms with Crippen molar-refractivity contribution >= 4 is 21.7 Å². The molecule has 11 heteroatoms. The van der Waals surface area contributed by atoms with E-state index < -0.39 is 10.0 Å². The lowest BCUT2D eigenvalue weighted by atomic mass is 10.2. The smallest absolute Gasteiger partial charge is 0.321 e. The third kappa shape index (κ3) is 4.62. The van der Waals surface area contributed by atoms with Gasteiger partial charge in [0.15, 0.2) is 5.03 Å². The van der Waals surface area contributed by atoms with Gasteiger partial charge in [0, 0.05) is 45.5 Å². The van der Waals surface area contributed by atoms with Crippen molar-refractivity contribution in [3.63, 3.8) is 0 Å². The molecule has 2 aromatic rings. The molecule has 0 radical (unpaired) electrons. The van der Waals surface area contributed by atoms with E-state index in [0.29, 0.717) is 36.7 Å². The Bertz CT molecular complexity index is 975. The average molecular weight is 423 g/mol. The van der Waals surface area contributed by atoms with Crippen molar-refractivity contribution in [3.05, 3.63) is 30.7 Å². The fourth-order valence-electron chi connectivity index (χ4n) is 3.09. The van der Waals surface area contributed by atoms with Crippen LogP contribution in [0, 0.1) is 0 Å². The highest BCUT2D eigenvalue weighted by atomic mass is 32.2. The lowest BCUT2D eigenvalue weighted by Crippen LogP contribution is -2.39. The van der Waals surface area contributed by atoms with Gasteiger partial charge in [0.2, 0.25) is 0 Å². The highest BCUT2D eigenvalue weighted by Gasteiger charge is 2.30. The number of imidazole rings is 1. The number of carbonyl (C=O) groups excluding carboxylic acids is 1. The van der Waals surface area contributed by atoms with E-state index in [9.17, 15) is 13.2 Å². The van der Waals surface area contributed by atoms with Crippen LogP contribution >= 0.6 is 0 Å². The van der Waals surface area contributed by atoms with Crippen LogP contribution < -0.4 is 14.8 Å². The van der Waals surface area contributed by atoms with Gasteiger partial charge < -0.3 is 24.3 Å². The number of nitrogens with one attached hydrogen (secondary N) is 1. The van der Waals surface area contributed by atoms with Crippen LogP contribution in [0.4, 0.5) is 10.5 Å². The number of ether oxygens (including phenoxy) is 2. The molecule has 1 N–H and O–H groups in total. The second kappa shape index (κ2) is 8.70. The number of amides is 2. The summed E-state index contributed by atoms with van der Waals surface area (Å²) in [6, 6.07) is 4.79. The fourth-order valence-corrected chi connectivity index (χ4v) is 4.52. The van der Waals surface area contributed by atoms with Gasteiger partial charge in [-0.3, -0.25) is 0 Å². The Labute approximate surface area is 170 Å². The van der Waals surface area contributed by atoms with Crippen molar-refractivity contribution in [1.82, 2.24) is 18.8 Å². The van der Waals surface area contributed by atoms with E-state index in [1.54, 1.807) is 41.8 Å². The summed E-state index contributed by atoms with van der Waals surface area (Å²) in [5, 5.41) is 2.84. The van der Waals surface area contributed by atoms with Gasteiger partial charge >= 0.3 is 6.03 Å². The highest BCUT2D eigenvalue weighted by molar-refractivity contribution is 7.89. The number of carbonyl (C=O) groups is 1. The van der Waals surface area contributed by atoms with E-state index in [1.807, 2.05) is 0 Å². The number of hydrogen-bond acceptors (Lipinski definition) is 6. The molecule has 3 rings (SSSR count). The quantitative estimate of drug-likeness (QED) is 0.779. The van der Waals surface area contributed by atoms with E-state index in [4.69, 9.17) is 9.47 Å². The Morgan fingerprint density at radius 3 is 2.59 bits per heavy atom. The van der Waals surface area contributed by atoms with Crippen molar-refractivity contribution in [3.8, 4) is 11.5 Å². The fraction of sp³-hybridized carbons (Fsp3) is 0.444. The van der Waals surface area contributed by atoms with Crippen LogP contribution in [-0.2, 0) is 17.1 Å². The van der Waals surface area contributed by atoms with Crippen LogP contribution in [0.25, 0.3) is 0 Å². The van der Waals surface area contributed by atoms with Gasteiger partial charge in [0.1, 0.15) is 11.5 Å². The van der Waals surface area contributed by atoms with Crippen LogP contribution in [-0.4, -0.2) is 73.6 Å². The first-order valence-electron chi connectivity index (χ1n) is 9.11. The summed E-state index contributed by atoms with van der Waals surface area (Å²) in [5.74, 6) is 1.09. The zero-order valence-corrected chi connectivity index (χ0v) is 17.5. The SMILES string of the molecule is COc1ccc(NC(=O)N2CCCN(S(=O)(=O)c3cn(C)cn3)CC2)c(OC)c1. The number of urea groups is 1. The maximum absolute atomic E-state index is 12.8. The van der Waals surface area contributed by atoms with Gasteiger partial charge in [-0.05, 0) is 18.6 Å². The number of benzene rings is 1. The van der Waals surface area contributed by atoms with E-state index in [2.05, 4.69) is 10.3 Å². The molecule has 1 aliphatic rings. The highest BCUT2D eigenvalue weighted by Crippen LogP contribution is 2.29. The Morgan fingerprint density at radius 1 is 1.14 bits per heavy atom. The predicted octanol–water partition coefficient (Wildman–Crippen LogP) is 1.37. The molecule has 1 fully saturated rings. The van der Waals surface area contributed by atoms with Crippen LogP contribution in [0.2, 0.25) is 0 Å².